The van der Waals surface area contributed by atoms with Gasteiger partial charge in [0.05, 0.1) is 10.5 Å². The SMILES string of the molecule is O=C(NC12CC3CC(CC(C3)C1)C2)c1cc(S(=O)(=O)N2CCCC2)ccc1Br. The van der Waals surface area contributed by atoms with E-state index in [1.54, 1.807) is 18.2 Å². The molecule has 1 amide bonds. The minimum absolute atomic E-state index is 0.0882. The minimum Gasteiger partial charge on any atom is -0.347 e. The number of halogens is 1. The van der Waals surface area contributed by atoms with Crippen LogP contribution in [0.1, 0.15) is 61.7 Å². The predicted octanol–water partition coefficient (Wildman–Crippen LogP) is 3.93. The molecule has 1 aromatic carbocycles. The number of rotatable bonds is 4. The summed E-state index contributed by atoms with van der Waals surface area (Å²) < 4.78 is 28.0. The Balaban J connectivity index is 1.41. The molecule has 1 N–H and O–H groups in total. The van der Waals surface area contributed by atoms with Crippen molar-refractivity contribution in [1.82, 2.24) is 9.62 Å². The molecule has 0 unspecified atom stereocenters. The van der Waals surface area contributed by atoms with Crippen LogP contribution in [0.15, 0.2) is 27.6 Å². The molecular formula is C21H27BrN2O3S. The van der Waals surface area contributed by atoms with Gasteiger partial charge < -0.3 is 5.32 Å². The fourth-order valence-electron chi connectivity index (χ4n) is 6.49. The van der Waals surface area contributed by atoms with Crippen LogP contribution < -0.4 is 5.32 Å². The predicted molar refractivity (Wildman–Crippen MR) is 111 cm³/mol. The maximum absolute atomic E-state index is 13.2. The zero-order chi connectivity index (χ0) is 19.5. The topological polar surface area (TPSA) is 66.5 Å². The molecule has 4 aliphatic carbocycles. The van der Waals surface area contributed by atoms with Crippen molar-refractivity contribution in [2.75, 3.05) is 13.1 Å². The number of carbonyl (C=O) groups is 1. The van der Waals surface area contributed by atoms with Gasteiger partial charge in [-0.25, -0.2) is 8.42 Å². The average molecular weight is 467 g/mol. The van der Waals surface area contributed by atoms with Crippen molar-refractivity contribution in [1.29, 1.82) is 0 Å². The molecule has 28 heavy (non-hydrogen) atoms. The fourth-order valence-corrected chi connectivity index (χ4v) is 8.46. The van der Waals surface area contributed by atoms with Crippen LogP contribution in [-0.2, 0) is 10.0 Å². The molecule has 4 bridgehead atoms. The van der Waals surface area contributed by atoms with E-state index in [2.05, 4.69) is 21.2 Å². The molecule has 6 rings (SSSR count). The maximum atomic E-state index is 13.2. The lowest BCUT2D eigenvalue weighted by Crippen LogP contribution is -2.59. The van der Waals surface area contributed by atoms with Crippen molar-refractivity contribution in [2.24, 2.45) is 17.8 Å². The van der Waals surface area contributed by atoms with Gasteiger partial charge in [-0.1, -0.05) is 0 Å². The highest BCUT2D eigenvalue weighted by Crippen LogP contribution is 2.55. The zero-order valence-electron chi connectivity index (χ0n) is 16.0. The Morgan fingerprint density at radius 1 is 1.04 bits per heavy atom. The van der Waals surface area contributed by atoms with E-state index in [-0.39, 0.29) is 16.3 Å². The summed E-state index contributed by atoms with van der Waals surface area (Å²) in [6.07, 6.45) is 8.99. The highest BCUT2D eigenvalue weighted by Gasteiger charge is 2.51. The first-order valence-corrected chi connectivity index (χ1v) is 12.7. The highest BCUT2D eigenvalue weighted by atomic mass is 79.9. The molecule has 1 aromatic rings. The van der Waals surface area contributed by atoms with Crippen LogP contribution in [0.3, 0.4) is 0 Å². The number of carbonyl (C=O) groups excluding carboxylic acids is 1. The molecule has 0 radical (unpaired) electrons. The summed E-state index contributed by atoms with van der Waals surface area (Å²) >= 11 is 3.46. The number of hydrogen-bond donors (Lipinski definition) is 1. The van der Waals surface area contributed by atoms with Gasteiger partial charge in [0.1, 0.15) is 0 Å². The molecule has 5 nitrogen and oxygen atoms in total. The molecule has 1 aliphatic heterocycles. The van der Waals surface area contributed by atoms with Crippen molar-refractivity contribution in [3.63, 3.8) is 0 Å². The third-order valence-electron chi connectivity index (χ3n) is 7.30. The van der Waals surface area contributed by atoms with Crippen molar-refractivity contribution in [3.8, 4) is 0 Å². The summed E-state index contributed by atoms with van der Waals surface area (Å²) in [6.45, 7) is 1.13. The summed E-state index contributed by atoms with van der Waals surface area (Å²) in [7, 11) is -3.53. The van der Waals surface area contributed by atoms with Crippen molar-refractivity contribution < 1.29 is 13.2 Å². The van der Waals surface area contributed by atoms with Crippen LogP contribution in [0, 0.1) is 17.8 Å². The largest absolute Gasteiger partial charge is 0.347 e. The first-order valence-electron chi connectivity index (χ1n) is 10.5. The Morgan fingerprint density at radius 3 is 2.18 bits per heavy atom. The van der Waals surface area contributed by atoms with E-state index in [0.29, 0.717) is 23.1 Å². The lowest BCUT2D eigenvalue weighted by atomic mass is 9.53. The molecule has 152 valence electrons. The van der Waals surface area contributed by atoms with Gasteiger partial charge in [-0.2, -0.15) is 4.31 Å². The van der Waals surface area contributed by atoms with Gasteiger partial charge in [0.15, 0.2) is 0 Å². The second-order valence-corrected chi connectivity index (χ2v) is 12.2. The number of amides is 1. The number of sulfonamides is 1. The number of benzene rings is 1. The molecule has 1 saturated heterocycles. The van der Waals surface area contributed by atoms with Crippen LogP contribution in [0.5, 0.6) is 0 Å². The summed E-state index contributed by atoms with van der Waals surface area (Å²) in [4.78, 5) is 13.4. The first kappa shape index (κ1) is 19.1. The first-order chi connectivity index (χ1) is 13.3. The summed E-state index contributed by atoms with van der Waals surface area (Å²) in [5.41, 5.74) is 0.339. The van der Waals surface area contributed by atoms with Crippen molar-refractivity contribution in [3.05, 3.63) is 28.2 Å². The van der Waals surface area contributed by atoms with Gasteiger partial charge in [0.25, 0.3) is 5.91 Å². The second-order valence-electron chi connectivity index (χ2n) is 9.40. The lowest BCUT2D eigenvalue weighted by molar-refractivity contribution is -0.0167. The lowest BCUT2D eigenvalue weighted by Gasteiger charge is -2.56. The van der Waals surface area contributed by atoms with Gasteiger partial charge in [-0.15, -0.1) is 0 Å². The van der Waals surface area contributed by atoms with E-state index >= 15 is 0 Å². The molecule has 0 aromatic heterocycles. The fraction of sp³-hybridized carbons (Fsp3) is 0.667. The van der Waals surface area contributed by atoms with Gasteiger partial charge in [-0.05, 0) is 103 Å². The Bertz CT molecular complexity index is 873. The highest BCUT2D eigenvalue weighted by molar-refractivity contribution is 9.10. The Kier molecular flexibility index (Phi) is 4.64. The molecule has 4 saturated carbocycles. The molecule has 5 fully saturated rings. The van der Waals surface area contributed by atoms with Crippen LogP contribution in [0.4, 0.5) is 0 Å². The Morgan fingerprint density at radius 2 is 1.61 bits per heavy atom. The molecule has 0 atom stereocenters. The summed E-state index contributed by atoms with van der Waals surface area (Å²) in [5.74, 6) is 2.10. The molecular weight excluding hydrogens is 440 g/mol. The zero-order valence-corrected chi connectivity index (χ0v) is 18.4. The number of nitrogens with one attached hydrogen (secondary N) is 1. The van der Waals surface area contributed by atoms with Crippen molar-refractivity contribution >= 4 is 31.9 Å². The second kappa shape index (κ2) is 6.81. The minimum atomic E-state index is -3.53. The Hall–Kier alpha value is -0.920. The third-order valence-corrected chi connectivity index (χ3v) is 9.89. The van der Waals surface area contributed by atoms with E-state index in [4.69, 9.17) is 0 Å². The summed E-state index contributed by atoms with van der Waals surface area (Å²) in [5, 5.41) is 3.35. The smallest absolute Gasteiger partial charge is 0.252 e. The quantitative estimate of drug-likeness (QED) is 0.730. The molecule has 1 heterocycles. The average Bonchev–Trinajstić information content (AvgIpc) is 3.15. The van der Waals surface area contributed by atoms with E-state index < -0.39 is 10.0 Å². The third kappa shape index (κ3) is 3.23. The molecule has 5 aliphatic rings. The molecule has 7 heteroatoms. The van der Waals surface area contributed by atoms with Gasteiger partial charge in [0, 0.05) is 23.1 Å². The number of hydrogen-bond acceptors (Lipinski definition) is 3. The molecule has 0 spiro atoms. The van der Waals surface area contributed by atoms with Crippen LogP contribution in [0.2, 0.25) is 0 Å². The Labute approximate surface area is 175 Å². The summed E-state index contributed by atoms with van der Waals surface area (Å²) in [6, 6.07) is 4.84. The van der Waals surface area contributed by atoms with Crippen LogP contribution >= 0.6 is 15.9 Å². The van der Waals surface area contributed by atoms with Crippen LogP contribution in [0.25, 0.3) is 0 Å². The monoisotopic (exact) mass is 466 g/mol. The van der Waals surface area contributed by atoms with E-state index in [0.717, 1.165) is 49.9 Å². The van der Waals surface area contributed by atoms with Gasteiger partial charge in [0.2, 0.25) is 10.0 Å². The van der Waals surface area contributed by atoms with Gasteiger partial charge in [-0.3, -0.25) is 4.79 Å². The van der Waals surface area contributed by atoms with Crippen LogP contribution in [-0.4, -0.2) is 37.3 Å². The van der Waals surface area contributed by atoms with Gasteiger partial charge >= 0.3 is 0 Å². The maximum Gasteiger partial charge on any atom is 0.252 e. The van der Waals surface area contributed by atoms with E-state index in [1.165, 1.54) is 23.6 Å². The normalized spacial score (nSPS) is 34.7. The van der Waals surface area contributed by atoms with Crippen molar-refractivity contribution in [2.45, 2.75) is 61.8 Å². The standard InChI is InChI=1S/C21H27BrN2O3S/c22-19-4-3-17(28(26,27)24-5-1-2-6-24)10-18(19)20(25)23-21-11-14-7-15(12-21)9-16(8-14)13-21/h3-4,10,14-16H,1-2,5-9,11-13H2,(H,23,25). The van der Waals surface area contributed by atoms with E-state index in [1.807, 2.05) is 0 Å². The number of nitrogens with zero attached hydrogens (tertiary/aromatic N) is 1. The van der Waals surface area contributed by atoms with E-state index in [9.17, 15) is 13.2 Å².